The Kier molecular flexibility index (Phi) is 4.53. The molecule has 0 amide bonds. The van der Waals surface area contributed by atoms with E-state index in [2.05, 4.69) is 5.10 Å². The van der Waals surface area contributed by atoms with Gasteiger partial charge in [0.2, 0.25) is 0 Å². The number of hydrogen-bond donors (Lipinski definition) is 1. The fraction of sp³-hybridized carbons (Fsp3) is 0.333. The maximum Gasteiger partial charge on any atom is 0.313 e. The van der Waals surface area contributed by atoms with Crippen LogP contribution in [-0.4, -0.2) is 15.7 Å². The molecule has 2 aromatic rings. The molecule has 0 bridgehead atoms. The molecular formula is C15H18ClN3O2. The summed E-state index contributed by atoms with van der Waals surface area (Å²) in [7, 11) is 1.75. The van der Waals surface area contributed by atoms with Gasteiger partial charge in [0.1, 0.15) is 11.8 Å². The van der Waals surface area contributed by atoms with E-state index in [1.807, 2.05) is 19.1 Å². The van der Waals surface area contributed by atoms with E-state index in [0.717, 1.165) is 16.8 Å². The van der Waals surface area contributed by atoms with Crippen LogP contribution in [0.3, 0.4) is 0 Å². The Balaban J connectivity index is 2.05. The molecule has 1 heterocycles. The summed E-state index contributed by atoms with van der Waals surface area (Å²) in [4.78, 5) is 12.1. The van der Waals surface area contributed by atoms with Gasteiger partial charge in [-0.05, 0) is 31.5 Å². The number of aryl methyl sites for hydroxylation is 2. The molecule has 0 aliphatic heterocycles. The van der Waals surface area contributed by atoms with Crippen LogP contribution < -0.4 is 5.73 Å². The van der Waals surface area contributed by atoms with E-state index >= 15 is 0 Å². The smallest absolute Gasteiger partial charge is 0.313 e. The Hall–Kier alpha value is -2.01. The number of esters is 1. The van der Waals surface area contributed by atoms with Crippen LogP contribution in [-0.2, 0) is 23.2 Å². The van der Waals surface area contributed by atoms with Crippen LogP contribution in [0.4, 0.5) is 5.69 Å². The van der Waals surface area contributed by atoms with Crippen LogP contribution in [0.5, 0.6) is 0 Å². The Morgan fingerprint density at radius 3 is 2.81 bits per heavy atom. The van der Waals surface area contributed by atoms with Gasteiger partial charge in [-0.15, -0.1) is 0 Å². The third-order valence-electron chi connectivity index (χ3n) is 3.39. The van der Waals surface area contributed by atoms with Crippen molar-refractivity contribution in [3.63, 3.8) is 0 Å². The molecule has 0 fully saturated rings. The van der Waals surface area contributed by atoms with Crippen molar-refractivity contribution in [3.8, 4) is 0 Å². The van der Waals surface area contributed by atoms with E-state index < -0.39 is 0 Å². The first-order valence-corrected chi connectivity index (χ1v) is 6.98. The van der Waals surface area contributed by atoms with Crippen molar-refractivity contribution in [3.05, 3.63) is 46.2 Å². The summed E-state index contributed by atoms with van der Waals surface area (Å²) in [6, 6.07) is 7.22. The molecule has 6 heteroatoms. The van der Waals surface area contributed by atoms with Gasteiger partial charge in [0, 0.05) is 18.3 Å². The second-order valence-electron chi connectivity index (χ2n) is 4.98. The van der Waals surface area contributed by atoms with Gasteiger partial charge in [0.25, 0.3) is 0 Å². The number of halogens is 1. The Morgan fingerprint density at radius 1 is 1.52 bits per heavy atom. The van der Waals surface area contributed by atoms with E-state index in [9.17, 15) is 4.79 Å². The van der Waals surface area contributed by atoms with Crippen molar-refractivity contribution in [1.29, 1.82) is 0 Å². The topological polar surface area (TPSA) is 70.1 Å². The van der Waals surface area contributed by atoms with Gasteiger partial charge in [-0.1, -0.05) is 23.7 Å². The highest BCUT2D eigenvalue weighted by atomic mass is 35.5. The molecule has 0 radical (unpaired) electrons. The first kappa shape index (κ1) is 15.4. The molecule has 1 aromatic heterocycles. The number of ether oxygens (including phenoxy) is 1. The average Bonchev–Trinajstić information content (AvgIpc) is 2.69. The zero-order chi connectivity index (χ0) is 15.6. The van der Waals surface area contributed by atoms with Gasteiger partial charge >= 0.3 is 5.97 Å². The van der Waals surface area contributed by atoms with Gasteiger partial charge < -0.3 is 10.5 Å². The molecule has 1 aromatic carbocycles. The minimum Gasteiger partial charge on any atom is -0.460 e. The lowest BCUT2D eigenvalue weighted by atomic mass is 10.0. The molecular weight excluding hydrogens is 290 g/mol. The fourth-order valence-corrected chi connectivity index (χ4v) is 2.30. The quantitative estimate of drug-likeness (QED) is 0.696. The summed E-state index contributed by atoms with van der Waals surface area (Å²) < 4.78 is 6.90. The number of hydrogen-bond acceptors (Lipinski definition) is 4. The Morgan fingerprint density at radius 2 is 2.24 bits per heavy atom. The summed E-state index contributed by atoms with van der Waals surface area (Å²) in [6.45, 7) is 3.73. The first-order chi connectivity index (χ1) is 9.90. The molecule has 112 valence electrons. The van der Waals surface area contributed by atoms with Crippen LogP contribution in [0.2, 0.25) is 5.15 Å². The molecule has 0 aliphatic rings. The summed E-state index contributed by atoms with van der Waals surface area (Å²) in [5, 5.41) is 4.66. The molecule has 21 heavy (non-hydrogen) atoms. The third kappa shape index (κ3) is 3.36. The molecule has 0 saturated heterocycles. The van der Waals surface area contributed by atoms with Crippen molar-refractivity contribution < 1.29 is 9.53 Å². The average molecular weight is 308 g/mol. The van der Waals surface area contributed by atoms with Crippen molar-refractivity contribution in [2.75, 3.05) is 5.73 Å². The first-order valence-electron chi connectivity index (χ1n) is 6.60. The molecule has 2 rings (SSSR count). The number of nitrogens with zero attached hydrogens (tertiary/aromatic N) is 2. The predicted octanol–water partition coefficient (Wildman–Crippen LogP) is 2.81. The molecule has 1 atom stereocenters. The predicted molar refractivity (Wildman–Crippen MR) is 82.0 cm³/mol. The van der Waals surface area contributed by atoms with E-state index in [1.54, 1.807) is 30.8 Å². The third-order valence-corrected chi connectivity index (χ3v) is 3.87. The number of benzene rings is 1. The van der Waals surface area contributed by atoms with E-state index in [4.69, 9.17) is 22.1 Å². The maximum absolute atomic E-state index is 12.1. The van der Waals surface area contributed by atoms with Gasteiger partial charge in [-0.3, -0.25) is 9.48 Å². The van der Waals surface area contributed by atoms with Crippen molar-refractivity contribution in [2.45, 2.75) is 26.4 Å². The monoisotopic (exact) mass is 307 g/mol. The van der Waals surface area contributed by atoms with Gasteiger partial charge in [-0.25, -0.2) is 0 Å². The highest BCUT2D eigenvalue weighted by molar-refractivity contribution is 6.30. The Bertz CT molecular complexity index is 667. The number of aromatic nitrogens is 2. The summed E-state index contributed by atoms with van der Waals surface area (Å²) in [5.74, 6) is -0.704. The molecule has 0 saturated carbocycles. The second-order valence-corrected chi connectivity index (χ2v) is 5.34. The molecule has 0 aliphatic carbocycles. The standard InChI is InChI=1S/C15H18ClN3O2/c1-9(11-5-4-6-12(17)7-11)15(20)21-8-13-10(2)18-19(3)14(13)16/h4-7,9H,8,17H2,1-3H3. The number of nitrogen functional groups attached to an aromatic ring is 1. The molecule has 0 spiro atoms. The largest absolute Gasteiger partial charge is 0.460 e. The highest BCUT2D eigenvalue weighted by Gasteiger charge is 2.19. The number of nitrogens with two attached hydrogens (primary N) is 1. The number of carbonyl (C=O) groups is 1. The lowest BCUT2D eigenvalue weighted by Gasteiger charge is -2.12. The van der Waals surface area contributed by atoms with Gasteiger partial charge in [-0.2, -0.15) is 5.10 Å². The zero-order valence-corrected chi connectivity index (χ0v) is 13.0. The van der Waals surface area contributed by atoms with Crippen LogP contribution in [0, 0.1) is 6.92 Å². The SMILES string of the molecule is Cc1nn(C)c(Cl)c1COC(=O)C(C)c1cccc(N)c1. The lowest BCUT2D eigenvalue weighted by molar-refractivity contribution is -0.146. The number of rotatable bonds is 4. The normalized spacial score (nSPS) is 12.2. The molecule has 2 N–H and O–H groups in total. The maximum atomic E-state index is 12.1. The van der Waals surface area contributed by atoms with Gasteiger partial charge in [0.15, 0.2) is 0 Å². The Labute approximate surface area is 128 Å². The minimum atomic E-state index is -0.385. The van der Waals surface area contributed by atoms with Crippen LogP contribution in [0.15, 0.2) is 24.3 Å². The fourth-order valence-electron chi connectivity index (χ4n) is 2.07. The van der Waals surface area contributed by atoms with Crippen LogP contribution in [0.1, 0.15) is 29.7 Å². The van der Waals surface area contributed by atoms with Crippen molar-refractivity contribution in [1.82, 2.24) is 9.78 Å². The minimum absolute atomic E-state index is 0.115. The van der Waals surface area contributed by atoms with Crippen molar-refractivity contribution in [2.24, 2.45) is 7.05 Å². The molecule has 5 nitrogen and oxygen atoms in total. The number of anilines is 1. The van der Waals surface area contributed by atoms with Crippen LogP contribution >= 0.6 is 11.6 Å². The van der Waals surface area contributed by atoms with E-state index in [0.29, 0.717) is 10.8 Å². The van der Waals surface area contributed by atoms with E-state index in [1.165, 1.54) is 0 Å². The summed E-state index contributed by atoms with van der Waals surface area (Å²) in [5.41, 5.74) is 8.66. The second kappa shape index (κ2) is 6.18. The van der Waals surface area contributed by atoms with Gasteiger partial charge in [0.05, 0.1) is 11.6 Å². The number of carbonyl (C=O) groups excluding carboxylic acids is 1. The summed E-state index contributed by atoms with van der Waals surface area (Å²) >= 11 is 6.11. The zero-order valence-electron chi connectivity index (χ0n) is 12.3. The lowest BCUT2D eigenvalue weighted by Crippen LogP contribution is -2.13. The van der Waals surface area contributed by atoms with Crippen LogP contribution in [0.25, 0.3) is 0 Å². The highest BCUT2D eigenvalue weighted by Crippen LogP contribution is 2.22. The molecule has 1 unspecified atom stereocenters. The summed E-state index contributed by atoms with van der Waals surface area (Å²) in [6.07, 6.45) is 0. The van der Waals surface area contributed by atoms with Crippen molar-refractivity contribution >= 4 is 23.3 Å². The van der Waals surface area contributed by atoms with E-state index in [-0.39, 0.29) is 18.5 Å².